The molecule has 0 bridgehead atoms. The summed E-state index contributed by atoms with van der Waals surface area (Å²) in [5.74, 6) is -2.21. The molecule has 45 heavy (non-hydrogen) atoms. The number of halogens is 9. The normalized spacial score (nSPS) is 17.1. The zero-order valence-corrected chi connectivity index (χ0v) is 23.0. The molecule has 9 nitrogen and oxygen atoms in total. The molecule has 3 N–H and O–H groups in total. The van der Waals surface area contributed by atoms with Crippen LogP contribution in [0.15, 0.2) is 42.6 Å². The second-order valence-corrected chi connectivity index (χ2v) is 9.89. The molecule has 1 atom stereocenters. The first-order chi connectivity index (χ1) is 21.0. The Bertz CT molecular complexity index is 1470. The number of pyridine rings is 1. The van der Waals surface area contributed by atoms with Crippen molar-refractivity contribution in [2.24, 2.45) is 0 Å². The molecule has 0 aliphatic carbocycles. The summed E-state index contributed by atoms with van der Waals surface area (Å²) in [6, 6.07) is 6.81. The molecule has 1 aromatic carbocycles. The second-order valence-electron chi connectivity index (χ2n) is 9.89. The highest BCUT2D eigenvalue weighted by Gasteiger charge is 2.38. The van der Waals surface area contributed by atoms with Crippen molar-refractivity contribution in [3.63, 3.8) is 0 Å². The van der Waals surface area contributed by atoms with E-state index in [1.54, 1.807) is 4.90 Å². The molecule has 1 saturated heterocycles. The number of alkyl halides is 9. The minimum atomic E-state index is -5.08. The predicted octanol–water partition coefficient (Wildman–Crippen LogP) is 6.09. The highest BCUT2D eigenvalue weighted by molar-refractivity contribution is 5.73. The number of carboxylic acid groups (broad SMARTS) is 1. The number of benzene rings is 1. The molecule has 1 unspecified atom stereocenters. The fourth-order valence-electron chi connectivity index (χ4n) is 4.56. The van der Waals surface area contributed by atoms with Crippen LogP contribution in [0.5, 0.6) is 0 Å². The summed E-state index contributed by atoms with van der Waals surface area (Å²) >= 11 is 0. The molecular weight excluding hydrogens is 627 g/mol. The van der Waals surface area contributed by atoms with Crippen LogP contribution in [0.2, 0.25) is 0 Å². The summed E-state index contributed by atoms with van der Waals surface area (Å²) in [4.78, 5) is 23.7. The Morgan fingerprint density at radius 3 is 2.18 bits per heavy atom. The van der Waals surface area contributed by atoms with Crippen molar-refractivity contribution >= 4 is 29.2 Å². The lowest BCUT2D eigenvalue weighted by Crippen LogP contribution is -2.29. The summed E-state index contributed by atoms with van der Waals surface area (Å²) in [6.07, 6.45) is -11.4. The third kappa shape index (κ3) is 8.86. The van der Waals surface area contributed by atoms with Gasteiger partial charge < -0.3 is 25.4 Å². The van der Waals surface area contributed by atoms with E-state index in [1.165, 1.54) is 24.4 Å². The number of carbonyl (C=O) groups is 1. The number of hydrogen-bond donors (Lipinski definition) is 3. The quantitative estimate of drug-likeness (QED) is 0.282. The number of rotatable bonds is 5. The van der Waals surface area contributed by atoms with Gasteiger partial charge in [0.2, 0.25) is 5.95 Å². The Balaban J connectivity index is 0.000000591. The van der Waals surface area contributed by atoms with Gasteiger partial charge in [-0.3, -0.25) is 0 Å². The fraction of sp³-hybridized carbons (Fsp3) is 0.407. The minimum absolute atomic E-state index is 0.00268. The van der Waals surface area contributed by atoms with E-state index < -0.39 is 35.6 Å². The number of hydrogen-bond acceptors (Lipinski definition) is 8. The van der Waals surface area contributed by atoms with Crippen LogP contribution >= 0.6 is 0 Å². The van der Waals surface area contributed by atoms with Crippen LogP contribution in [0.1, 0.15) is 28.8 Å². The molecule has 0 amide bonds. The highest BCUT2D eigenvalue weighted by Crippen LogP contribution is 2.37. The molecule has 2 aliphatic heterocycles. The van der Waals surface area contributed by atoms with Gasteiger partial charge in [0.05, 0.1) is 29.5 Å². The molecule has 2 aromatic heterocycles. The van der Waals surface area contributed by atoms with Gasteiger partial charge in [-0.15, -0.1) is 0 Å². The van der Waals surface area contributed by atoms with E-state index in [1.807, 2.05) is 0 Å². The lowest BCUT2D eigenvalue weighted by Gasteiger charge is -2.24. The van der Waals surface area contributed by atoms with Crippen LogP contribution in [-0.2, 0) is 34.7 Å². The Labute approximate surface area is 249 Å². The first-order valence-corrected chi connectivity index (χ1v) is 13.3. The van der Waals surface area contributed by atoms with E-state index in [-0.39, 0.29) is 24.9 Å². The lowest BCUT2D eigenvalue weighted by molar-refractivity contribution is -0.192. The van der Waals surface area contributed by atoms with E-state index in [0.717, 1.165) is 24.6 Å². The number of nitrogens with zero attached hydrogens (tertiary/aromatic N) is 4. The molecule has 0 spiro atoms. The number of anilines is 4. The number of aromatic nitrogens is 3. The van der Waals surface area contributed by atoms with Gasteiger partial charge in [-0.25, -0.2) is 14.8 Å². The first-order valence-electron chi connectivity index (χ1n) is 13.3. The van der Waals surface area contributed by atoms with Crippen molar-refractivity contribution in [1.82, 2.24) is 15.0 Å². The van der Waals surface area contributed by atoms with E-state index in [9.17, 15) is 39.5 Å². The summed E-state index contributed by atoms with van der Waals surface area (Å²) in [5.41, 5.74) is 0.121. The van der Waals surface area contributed by atoms with Gasteiger partial charge in [0.15, 0.2) is 0 Å². The average molecular weight is 653 g/mol. The molecule has 244 valence electrons. The minimum Gasteiger partial charge on any atom is -0.475 e. The van der Waals surface area contributed by atoms with Crippen LogP contribution in [-0.4, -0.2) is 64.5 Å². The number of carboxylic acids is 1. The zero-order chi connectivity index (χ0) is 33.0. The average Bonchev–Trinajstić information content (AvgIpc) is 3.36. The van der Waals surface area contributed by atoms with Crippen molar-refractivity contribution in [1.29, 1.82) is 0 Å². The van der Waals surface area contributed by atoms with Gasteiger partial charge in [0.25, 0.3) is 0 Å². The molecule has 1 fully saturated rings. The Morgan fingerprint density at radius 1 is 0.933 bits per heavy atom. The van der Waals surface area contributed by atoms with Crippen LogP contribution in [0.3, 0.4) is 0 Å². The maximum absolute atomic E-state index is 13.6. The van der Waals surface area contributed by atoms with Gasteiger partial charge in [0, 0.05) is 43.6 Å². The molecule has 0 radical (unpaired) electrons. The third-order valence-electron chi connectivity index (χ3n) is 6.71. The van der Waals surface area contributed by atoms with Crippen molar-refractivity contribution in [2.75, 3.05) is 41.8 Å². The van der Waals surface area contributed by atoms with Crippen LogP contribution in [0.25, 0.3) is 0 Å². The van der Waals surface area contributed by atoms with Crippen molar-refractivity contribution in [2.45, 2.75) is 43.8 Å². The van der Waals surface area contributed by atoms with E-state index in [4.69, 9.17) is 14.6 Å². The summed E-state index contributed by atoms with van der Waals surface area (Å²) in [5, 5.41) is 13.4. The summed E-state index contributed by atoms with van der Waals surface area (Å²) in [6.45, 7) is 1.55. The lowest BCUT2D eigenvalue weighted by atomic mass is 10.1. The van der Waals surface area contributed by atoms with Gasteiger partial charge in [0.1, 0.15) is 11.6 Å². The topological polar surface area (TPSA) is 113 Å². The molecule has 3 aromatic rings. The highest BCUT2D eigenvalue weighted by atomic mass is 19.4. The number of aliphatic carboxylic acids is 1. The van der Waals surface area contributed by atoms with E-state index >= 15 is 0 Å². The smallest absolute Gasteiger partial charge is 0.475 e. The van der Waals surface area contributed by atoms with Gasteiger partial charge in [-0.2, -0.15) is 44.5 Å². The summed E-state index contributed by atoms with van der Waals surface area (Å²) in [7, 11) is 0. The zero-order valence-electron chi connectivity index (χ0n) is 23.0. The van der Waals surface area contributed by atoms with E-state index in [2.05, 4.69) is 25.6 Å². The number of nitrogens with one attached hydrogen (secondary N) is 2. The molecular formula is C27H25F9N6O3. The molecule has 2 aliphatic rings. The Morgan fingerprint density at radius 2 is 1.60 bits per heavy atom. The molecule has 0 saturated carbocycles. The molecule has 18 heteroatoms. The third-order valence-corrected chi connectivity index (χ3v) is 6.71. The molecule has 5 rings (SSSR count). The standard InChI is InChI=1S/C25H24F6N6O.C2HF3O2/c26-24(27,28)15-3-5-16(6-4-15)33-21-18-7-11-37(22-19(25(29,30)31)2-1-10-32-22)12-8-20(18)35-23(36-21)34-17-9-13-38-14-17;3-2(4,5)1(6)7/h1-6,10,17H,7-9,11-14H2,(H2,33,34,35,36);(H,6,7). The van der Waals surface area contributed by atoms with Crippen molar-refractivity contribution in [3.8, 4) is 0 Å². The van der Waals surface area contributed by atoms with E-state index in [0.29, 0.717) is 54.8 Å². The predicted molar refractivity (Wildman–Crippen MR) is 142 cm³/mol. The first kappa shape index (κ1) is 33.5. The summed E-state index contributed by atoms with van der Waals surface area (Å²) < 4.78 is 117. The van der Waals surface area contributed by atoms with Crippen LogP contribution < -0.4 is 15.5 Å². The maximum Gasteiger partial charge on any atom is 0.490 e. The Kier molecular flexibility index (Phi) is 9.94. The van der Waals surface area contributed by atoms with Crippen LogP contribution in [0.4, 0.5) is 62.8 Å². The van der Waals surface area contributed by atoms with Crippen molar-refractivity contribution < 1.29 is 54.2 Å². The van der Waals surface area contributed by atoms with Gasteiger partial charge in [-0.1, -0.05) is 0 Å². The second kappa shape index (κ2) is 13.3. The number of fused-ring (bicyclic) bond motifs is 1. The molecule has 4 heterocycles. The SMILES string of the molecule is FC(F)(F)c1ccc(Nc2nc(NC3CCOC3)nc3c2CCN(c2ncccc2C(F)(F)F)CC3)cc1.O=C(O)C(F)(F)F. The van der Waals surface area contributed by atoms with Gasteiger partial charge >= 0.3 is 24.5 Å². The maximum atomic E-state index is 13.6. The number of ether oxygens (including phenoxy) is 1. The van der Waals surface area contributed by atoms with Crippen LogP contribution in [0, 0.1) is 0 Å². The Hall–Kier alpha value is -4.35. The fourth-order valence-corrected chi connectivity index (χ4v) is 4.56. The van der Waals surface area contributed by atoms with Gasteiger partial charge in [-0.05, 0) is 49.2 Å². The monoisotopic (exact) mass is 652 g/mol. The van der Waals surface area contributed by atoms with Crippen molar-refractivity contribution in [3.05, 3.63) is 65.0 Å². The largest absolute Gasteiger partial charge is 0.490 e.